The Labute approximate surface area is 86.4 Å². The van der Waals surface area contributed by atoms with E-state index < -0.39 is 0 Å². The molecule has 1 nitrogen and oxygen atoms in total. The first-order valence-electron chi connectivity index (χ1n) is 4.54. The normalized spacial score (nSPS) is 10.3. The topological polar surface area (TPSA) is 12.9 Å². The van der Waals surface area contributed by atoms with E-state index in [-0.39, 0.29) is 11.6 Å². The standard InChI is InChI=1S/C12H9F2N/c1-8-11(6-15-7-12(8)14)9-2-4-10(13)5-3-9/h2-7H,1H3. The Kier molecular flexibility index (Phi) is 2.46. The van der Waals surface area contributed by atoms with E-state index in [2.05, 4.69) is 4.98 Å². The molecule has 0 amide bonds. The average molecular weight is 205 g/mol. The van der Waals surface area contributed by atoms with Crippen molar-refractivity contribution < 1.29 is 8.78 Å². The molecule has 2 aromatic rings. The molecular formula is C12H9F2N. The van der Waals surface area contributed by atoms with Crippen LogP contribution in [0.5, 0.6) is 0 Å². The summed E-state index contributed by atoms with van der Waals surface area (Å²) < 4.78 is 25.9. The lowest BCUT2D eigenvalue weighted by atomic mass is 10.0. The summed E-state index contributed by atoms with van der Waals surface area (Å²) in [7, 11) is 0. The molecule has 1 aromatic heterocycles. The van der Waals surface area contributed by atoms with Crippen molar-refractivity contribution in [1.82, 2.24) is 4.98 Å². The molecule has 1 heterocycles. The van der Waals surface area contributed by atoms with Gasteiger partial charge < -0.3 is 0 Å². The van der Waals surface area contributed by atoms with Crippen molar-refractivity contribution in [1.29, 1.82) is 0 Å². The third kappa shape index (κ3) is 1.86. The van der Waals surface area contributed by atoms with E-state index in [1.165, 1.54) is 18.3 Å². The first kappa shape index (κ1) is 9.77. The molecule has 3 heteroatoms. The molecule has 0 unspecified atom stereocenters. The summed E-state index contributed by atoms with van der Waals surface area (Å²) in [6.45, 7) is 1.68. The van der Waals surface area contributed by atoms with E-state index in [4.69, 9.17) is 0 Å². The van der Waals surface area contributed by atoms with Gasteiger partial charge >= 0.3 is 0 Å². The number of aromatic nitrogens is 1. The van der Waals surface area contributed by atoms with E-state index in [0.29, 0.717) is 11.1 Å². The zero-order valence-corrected chi connectivity index (χ0v) is 8.17. The van der Waals surface area contributed by atoms with Gasteiger partial charge in [-0.2, -0.15) is 0 Å². The predicted molar refractivity (Wildman–Crippen MR) is 54.3 cm³/mol. The summed E-state index contributed by atoms with van der Waals surface area (Å²) in [5.41, 5.74) is 1.98. The van der Waals surface area contributed by atoms with Crippen LogP contribution in [-0.2, 0) is 0 Å². The maximum atomic E-state index is 13.2. The molecule has 15 heavy (non-hydrogen) atoms. The summed E-state index contributed by atoms with van der Waals surface area (Å²) in [5.74, 6) is -0.655. The lowest BCUT2D eigenvalue weighted by Gasteiger charge is -2.05. The molecule has 0 N–H and O–H groups in total. The fourth-order valence-electron chi connectivity index (χ4n) is 1.42. The zero-order chi connectivity index (χ0) is 10.8. The molecule has 0 aliphatic carbocycles. The number of hydrogen-bond acceptors (Lipinski definition) is 1. The van der Waals surface area contributed by atoms with Crippen LogP contribution in [0.4, 0.5) is 8.78 Å². The molecule has 0 atom stereocenters. The van der Waals surface area contributed by atoms with E-state index in [1.807, 2.05) is 0 Å². The number of nitrogens with zero attached hydrogens (tertiary/aromatic N) is 1. The van der Waals surface area contributed by atoms with Crippen LogP contribution >= 0.6 is 0 Å². The highest BCUT2D eigenvalue weighted by Gasteiger charge is 2.06. The molecule has 0 spiro atoms. The van der Waals surface area contributed by atoms with Crippen molar-refractivity contribution in [3.05, 3.63) is 53.9 Å². The lowest BCUT2D eigenvalue weighted by molar-refractivity contribution is 0.612. The summed E-state index contributed by atoms with van der Waals surface area (Å²) in [6.07, 6.45) is 2.74. The molecule has 0 bridgehead atoms. The van der Waals surface area contributed by atoms with Crippen molar-refractivity contribution in [3.63, 3.8) is 0 Å². The molecule has 0 aliphatic rings. The van der Waals surface area contributed by atoms with Gasteiger partial charge in [-0.15, -0.1) is 0 Å². The van der Waals surface area contributed by atoms with Gasteiger partial charge in [0.2, 0.25) is 0 Å². The van der Waals surface area contributed by atoms with Gasteiger partial charge in [-0.1, -0.05) is 12.1 Å². The number of hydrogen-bond donors (Lipinski definition) is 0. The summed E-state index contributed by atoms with van der Waals surface area (Å²) in [4.78, 5) is 3.78. The molecule has 76 valence electrons. The monoisotopic (exact) mass is 205 g/mol. The predicted octanol–water partition coefficient (Wildman–Crippen LogP) is 3.34. The van der Waals surface area contributed by atoms with Crippen molar-refractivity contribution >= 4 is 0 Å². The minimum Gasteiger partial charge on any atom is -0.261 e. The number of rotatable bonds is 1. The molecule has 0 fully saturated rings. The SMILES string of the molecule is Cc1c(F)cncc1-c1ccc(F)cc1. The molecule has 0 saturated carbocycles. The van der Waals surface area contributed by atoms with Crippen molar-refractivity contribution in [2.24, 2.45) is 0 Å². The van der Waals surface area contributed by atoms with Crippen LogP contribution in [0.25, 0.3) is 11.1 Å². The highest BCUT2D eigenvalue weighted by Crippen LogP contribution is 2.23. The number of pyridine rings is 1. The van der Waals surface area contributed by atoms with E-state index in [0.717, 1.165) is 5.56 Å². The smallest absolute Gasteiger partial charge is 0.145 e. The van der Waals surface area contributed by atoms with E-state index in [1.54, 1.807) is 25.3 Å². The number of halogens is 2. The minimum atomic E-state index is -0.350. The van der Waals surface area contributed by atoms with Crippen LogP contribution in [0.3, 0.4) is 0 Å². The second-order valence-corrected chi connectivity index (χ2v) is 3.30. The second-order valence-electron chi connectivity index (χ2n) is 3.30. The van der Waals surface area contributed by atoms with Crippen LogP contribution in [0.15, 0.2) is 36.7 Å². The Hall–Kier alpha value is -1.77. The molecule has 0 aliphatic heterocycles. The summed E-state index contributed by atoms with van der Waals surface area (Å²) in [5, 5.41) is 0. The third-order valence-electron chi connectivity index (χ3n) is 2.31. The Bertz CT molecular complexity index is 477. The van der Waals surface area contributed by atoms with Gasteiger partial charge in [0.05, 0.1) is 6.20 Å². The number of benzene rings is 1. The van der Waals surface area contributed by atoms with Crippen LogP contribution in [0.1, 0.15) is 5.56 Å². The Morgan fingerprint density at radius 2 is 1.67 bits per heavy atom. The first-order valence-corrected chi connectivity index (χ1v) is 4.54. The molecular weight excluding hydrogens is 196 g/mol. The van der Waals surface area contributed by atoms with Gasteiger partial charge in [-0.05, 0) is 30.2 Å². The van der Waals surface area contributed by atoms with Gasteiger partial charge in [0.15, 0.2) is 0 Å². The first-order chi connectivity index (χ1) is 7.18. The molecule has 0 saturated heterocycles. The Balaban J connectivity index is 2.54. The van der Waals surface area contributed by atoms with Gasteiger partial charge in [0.1, 0.15) is 11.6 Å². The fourth-order valence-corrected chi connectivity index (χ4v) is 1.42. The highest BCUT2D eigenvalue weighted by molar-refractivity contribution is 5.65. The quantitative estimate of drug-likeness (QED) is 0.695. The molecule has 0 radical (unpaired) electrons. The van der Waals surface area contributed by atoms with E-state index >= 15 is 0 Å². The maximum Gasteiger partial charge on any atom is 0.145 e. The van der Waals surface area contributed by atoms with Crippen molar-refractivity contribution in [2.75, 3.05) is 0 Å². The van der Waals surface area contributed by atoms with Gasteiger partial charge in [0.25, 0.3) is 0 Å². The van der Waals surface area contributed by atoms with Gasteiger partial charge in [-0.3, -0.25) is 4.98 Å². The minimum absolute atomic E-state index is 0.305. The Morgan fingerprint density at radius 3 is 2.33 bits per heavy atom. The summed E-state index contributed by atoms with van der Waals surface area (Å²) >= 11 is 0. The molecule has 1 aromatic carbocycles. The van der Waals surface area contributed by atoms with Gasteiger partial charge in [0, 0.05) is 11.8 Å². The lowest BCUT2D eigenvalue weighted by Crippen LogP contribution is -1.90. The highest BCUT2D eigenvalue weighted by atomic mass is 19.1. The van der Waals surface area contributed by atoms with Crippen LogP contribution in [-0.4, -0.2) is 4.98 Å². The largest absolute Gasteiger partial charge is 0.261 e. The zero-order valence-electron chi connectivity index (χ0n) is 8.17. The Morgan fingerprint density at radius 1 is 1.00 bits per heavy atom. The fraction of sp³-hybridized carbons (Fsp3) is 0.0833. The summed E-state index contributed by atoms with van der Waals surface area (Å²) in [6, 6.07) is 5.91. The maximum absolute atomic E-state index is 13.2. The molecule has 2 rings (SSSR count). The van der Waals surface area contributed by atoms with Gasteiger partial charge in [-0.25, -0.2) is 8.78 Å². The van der Waals surface area contributed by atoms with Crippen molar-refractivity contribution in [3.8, 4) is 11.1 Å². The van der Waals surface area contributed by atoms with Crippen LogP contribution in [0.2, 0.25) is 0 Å². The second kappa shape index (κ2) is 3.77. The third-order valence-corrected chi connectivity index (χ3v) is 2.31. The average Bonchev–Trinajstić information content (AvgIpc) is 2.24. The van der Waals surface area contributed by atoms with E-state index in [9.17, 15) is 8.78 Å². The van der Waals surface area contributed by atoms with Crippen molar-refractivity contribution in [2.45, 2.75) is 6.92 Å². The van der Waals surface area contributed by atoms with Crippen LogP contribution in [0, 0.1) is 18.6 Å². The van der Waals surface area contributed by atoms with Crippen LogP contribution < -0.4 is 0 Å².